The molecule has 0 saturated carbocycles. The van der Waals surface area contributed by atoms with E-state index in [2.05, 4.69) is 25.9 Å². The van der Waals surface area contributed by atoms with Crippen LogP contribution < -0.4 is 5.73 Å². The first kappa shape index (κ1) is 10.0. The molecule has 2 rings (SSSR count). The maximum Gasteiger partial charge on any atom is 0.161 e. The van der Waals surface area contributed by atoms with Gasteiger partial charge in [-0.25, -0.2) is 14.4 Å². The summed E-state index contributed by atoms with van der Waals surface area (Å²) in [6, 6.07) is 6.17. The van der Waals surface area contributed by atoms with Crippen molar-refractivity contribution in [3.63, 3.8) is 0 Å². The maximum atomic E-state index is 13.0. The van der Waals surface area contributed by atoms with Crippen LogP contribution in [-0.2, 0) is 0 Å². The summed E-state index contributed by atoms with van der Waals surface area (Å²) in [5.74, 6) is 0.554. The number of halogens is 2. The molecule has 1 heterocycles. The lowest BCUT2D eigenvalue weighted by molar-refractivity contribution is 0.621. The third kappa shape index (κ3) is 2.12. The number of benzene rings is 1. The van der Waals surface area contributed by atoms with E-state index >= 15 is 0 Å². The third-order valence-electron chi connectivity index (χ3n) is 1.85. The molecular formula is C10H7BrFN3. The van der Waals surface area contributed by atoms with Crippen LogP contribution in [0, 0.1) is 5.82 Å². The van der Waals surface area contributed by atoms with Crippen molar-refractivity contribution < 1.29 is 4.39 Å². The average Bonchev–Trinajstić information content (AvgIpc) is 2.22. The molecule has 0 aliphatic heterocycles. The van der Waals surface area contributed by atoms with Crippen molar-refractivity contribution in [2.75, 3.05) is 5.73 Å². The lowest BCUT2D eigenvalue weighted by atomic mass is 10.2. The molecule has 0 spiro atoms. The fraction of sp³-hybridized carbons (Fsp3) is 0. The molecule has 1 aromatic heterocycles. The molecule has 0 amide bonds. The zero-order valence-electron chi connectivity index (χ0n) is 7.61. The van der Waals surface area contributed by atoms with Gasteiger partial charge in [-0.1, -0.05) is 0 Å². The maximum absolute atomic E-state index is 13.0. The number of nitrogens with zero attached hydrogens (tertiary/aromatic N) is 2. The van der Waals surface area contributed by atoms with E-state index < -0.39 is 0 Å². The number of anilines is 1. The first-order chi connectivity index (χ1) is 7.16. The van der Waals surface area contributed by atoms with Crippen LogP contribution in [0.15, 0.2) is 34.9 Å². The summed E-state index contributed by atoms with van der Waals surface area (Å²) in [7, 11) is 0. The summed E-state index contributed by atoms with van der Waals surface area (Å²) in [5.41, 5.74) is 6.25. The highest BCUT2D eigenvalue weighted by Crippen LogP contribution is 2.22. The Labute approximate surface area is 94.3 Å². The van der Waals surface area contributed by atoms with Crippen LogP contribution in [0.2, 0.25) is 0 Å². The van der Waals surface area contributed by atoms with Crippen LogP contribution in [-0.4, -0.2) is 9.97 Å². The van der Waals surface area contributed by atoms with Crippen LogP contribution in [0.4, 0.5) is 10.2 Å². The van der Waals surface area contributed by atoms with Gasteiger partial charge in [-0.3, -0.25) is 0 Å². The predicted molar refractivity (Wildman–Crippen MR) is 59.5 cm³/mol. The minimum Gasteiger partial charge on any atom is -0.384 e. The summed E-state index contributed by atoms with van der Waals surface area (Å²) < 4.78 is 13.4. The highest BCUT2D eigenvalue weighted by Gasteiger charge is 2.04. The molecule has 0 saturated heterocycles. The standard InChI is InChI=1S/C10H7BrFN3/c11-7-5-6(1-2-8(7)12)10-14-4-3-9(13)15-10/h1-5H,(H2,13,14,15). The Kier molecular flexibility index (Phi) is 2.64. The molecule has 2 aromatic rings. The zero-order chi connectivity index (χ0) is 10.8. The highest BCUT2D eigenvalue weighted by molar-refractivity contribution is 9.10. The number of aromatic nitrogens is 2. The second-order valence-electron chi connectivity index (χ2n) is 2.93. The molecule has 0 bridgehead atoms. The number of hydrogen-bond donors (Lipinski definition) is 1. The van der Waals surface area contributed by atoms with Gasteiger partial charge in [0.2, 0.25) is 0 Å². The van der Waals surface area contributed by atoms with Crippen LogP contribution in [0.25, 0.3) is 11.4 Å². The lowest BCUT2D eigenvalue weighted by Gasteiger charge is -2.01. The molecule has 5 heteroatoms. The fourth-order valence-electron chi connectivity index (χ4n) is 1.15. The quantitative estimate of drug-likeness (QED) is 0.864. The Morgan fingerprint density at radius 2 is 2.07 bits per heavy atom. The third-order valence-corrected chi connectivity index (χ3v) is 2.46. The van der Waals surface area contributed by atoms with E-state index in [9.17, 15) is 4.39 Å². The largest absolute Gasteiger partial charge is 0.384 e. The smallest absolute Gasteiger partial charge is 0.161 e. The predicted octanol–water partition coefficient (Wildman–Crippen LogP) is 2.63. The zero-order valence-corrected chi connectivity index (χ0v) is 9.20. The minimum absolute atomic E-state index is 0.317. The van der Waals surface area contributed by atoms with Crippen molar-refractivity contribution >= 4 is 21.7 Å². The van der Waals surface area contributed by atoms with E-state index in [0.717, 1.165) is 5.56 Å². The summed E-state index contributed by atoms with van der Waals surface area (Å²) in [6.45, 7) is 0. The molecule has 0 aliphatic carbocycles. The van der Waals surface area contributed by atoms with Crippen molar-refractivity contribution in [3.05, 3.63) is 40.8 Å². The number of hydrogen-bond acceptors (Lipinski definition) is 3. The Hall–Kier alpha value is -1.49. The first-order valence-electron chi connectivity index (χ1n) is 4.21. The number of nitrogen functional groups attached to an aromatic ring is 1. The molecule has 76 valence electrons. The van der Waals surface area contributed by atoms with Crippen LogP contribution >= 0.6 is 15.9 Å². The summed E-state index contributed by atoms with van der Waals surface area (Å²) >= 11 is 3.10. The Morgan fingerprint density at radius 1 is 1.27 bits per heavy atom. The Balaban J connectivity index is 2.50. The lowest BCUT2D eigenvalue weighted by Crippen LogP contribution is -1.94. The van der Waals surface area contributed by atoms with E-state index in [1.54, 1.807) is 24.4 Å². The van der Waals surface area contributed by atoms with Gasteiger partial charge >= 0.3 is 0 Å². The number of nitrogens with two attached hydrogens (primary N) is 1. The van der Waals surface area contributed by atoms with E-state index in [0.29, 0.717) is 16.1 Å². The van der Waals surface area contributed by atoms with Crippen LogP contribution in [0.3, 0.4) is 0 Å². The van der Waals surface area contributed by atoms with Gasteiger partial charge in [0.05, 0.1) is 4.47 Å². The molecule has 0 unspecified atom stereocenters. The normalized spacial score (nSPS) is 10.3. The molecule has 0 fully saturated rings. The summed E-state index contributed by atoms with van der Waals surface area (Å²) in [6.07, 6.45) is 1.56. The van der Waals surface area contributed by atoms with Gasteiger partial charge in [-0.05, 0) is 40.2 Å². The number of rotatable bonds is 1. The first-order valence-corrected chi connectivity index (χ1v) is 5.00. The fourth-order valence-corrected chi connectivity index (χ4v) is 1.53. The summed E-state index contributed by atoms with van der Waals surface area (Å²) in [4.78, 5) is 8.08. The van der Waals surface area contributed by atoms with Gasteiger partial charge < -0.3 is 5.73 Å². The van der Waals surface area contributed by atoms with Crippen molar-refractivity contribution in [2.45, 2.75) is 0 Å². The van der Waals surface area contributed by atoms with Crippen molar-refractivity contribution in [3.8, 4) is 11.4 Å². The van der Waals surface area contributed by atoms with Gasteiger partial charge in [-0.15, -0.1) is 0 Å². The SMILES string of the molecule is Nc1ccnc(-c2ccc(F)c(Br)c2)n1. The molecule has 0 atom stereocenters. The monoisotopic (exact) mass is 267 g/mol. The second-order valence-corrected chi connectivity index (χ2v) is 3.79. The highest BCUT2D eigenvalue weighted by atomic mass is 79.9. The second kappa shape index (κ2) is 3.94. The molecule has 1 aromatic carbocycles. The Bertz CT molecular complexity index is 502. The topological polar surface area (TPSA) is 51.8 Å². The summed E-state index contributed by atoms with van der Waals surface area (Å²) in [5, 5.41) is 0. The van der Waals surface area contributed by atoms with Gasteiger partial charge in [0.15, 0.2) is 5.82 Å². The van der Waals surface area contributed by atoms with E-state index in [1.807, 2.05) is 0 Å². The molecule has 2 N–H and O–H groups in total. The molecule has 3 nitrogen and oxygen atoms in total. The van der Waals surface area contributed by atoms with Gasteiger partial charge in [0, 0.05) is 11.8 Å². The van der Waals surface area contributed by atoms with Crippen LogP contribution in [0.1, 0.15) is 0 Å². The van der Waals surface area contributed by atoms with Crippen LogP contribution in [0.5, 0.6) is 0 Å². The van der Waals surface area contributed by atoms with Crippen molar-refractivity contribution in [1.29, 1.82) is 0 Å². The van der Waals surface area contributed by atoms with E-state index in [4.69, 9.17) is 5.73 Å². The van der Waals surface area contributed by atoms with Crippen molar-refractivity contribution in [1.82, 2.24) is 9.97 Å². The van der Waals surface area contributed by atoms with Gasteiger partial charge in [-0.2, -0.15) is 0 Å². The van der Waals surface area contributed by atoms with Gasteiger partial charge in [0.25, 0.3) is 0 Å². The van der Waals surface area contributed by atoms with E-state index in [1.165, 1.54) is 6.07 Å². The Morgan fingerprint density at radius 3 is 2.73 bits per heavy atom. The van der Waals surface area contributed by atoms with E-state index in [-0.39, 0.29) is 5.82 Å². The molecule has 0 aliphatic rings. The average molecular weight is 268 g/mol. The van der Waals surface area contributed by atoms with Crippen molar-refractivity contribution in [2.24, 2.45) is 0 Å². The van der Waals surface area contributed by atoms with Gasteiger partial charge in [0.1, 0.15) is 11.6 Å². The molecule has 15 heavy (non-hydrogen) atoms. The molecular weight excluding hydrogens is 261 g/mol. The molecule has 0 radical (unpaired) electrons. The minimum atomic E-state index is -0.317.